The van der Waals surface area contributed by atoms with Crippen LogP contribution in [0.1, 0.15) is 33.1 Å². The van der Waals surface area contributed by atoms with Gasteiger partial charge in [-0.05, 0) is 25.7 Å². The van der Waals surface area contributed by atoms with Gasteiger partial charge in [0, 0.05) is 11.8 Å². The van der Waals surface area contributed by atoms with Gasteiger partial charge in [0.1, 0.15) is 5.78 Å². The molecule has 0 radical (unpaired) electrons. The van der Waals surface area contributed by atoms with E-state index in [4.69, 9.17) is 0 Å². The van der Waals surface area contributed by atoms with Crippen LogP contribution in [0.4, 0.5) is 4.39 Å². The fourth-order valence-electron chi connectivity index (χ4n) is 3.02. The van der Waals surface area contributed by atoms with E-state index in [0.29, 0.717) is 12.8 Å². The molecule has 0 aromatic carbocycles. The molecule has 0 aliphatic heterocycles. The first kappa shape index (κ1) is 8.85. The van der Waals surface area contributed by atoms with E-state index in [2.05, 4.69) is 0 Å². The maximum atomic E-state index is 13.0. The van der Waals surface area contributed by atoms with Crippen LogP contribution in [-0.4, -0.2) is 11.8 Å². The van der Waals surface area contributed by atoms with Crippen LogP contribution in [0, 0.1) is 16.7 Å². The van der Waals surface area contributed by atoms with Crippen molar-refractivity contribution in [1.29, 1.82) is 0 Å². The highest BCUT2D eigenvalue weighted by molar-refractivity contribution is 5.97. The van der Waals surface area contributed by atoms with Gasteiger partial charge in [-0.1, -0.05) is 6.92 Å². The van der Waals surface area contributed by atoms with Gasteiger partial charge in [0.05, 0.1) is 5.41 Å². The molecule has 0 aromatic heterocycles. The van der Waals surface area contributed by atoms with Gasteiger partial charge in [0.2, 0.25) is 0 Å². The molecule has 2 aliphatic rings. The molecule has 0 saturated heterocycles. The number of Topliss-reactive ketones (excluding diaryl/α,β-unsaturated/α-hetero) is 1. The maximum Gasteiger partial charge on any atom is 0.308 e. The lowest BCUT2D eigenvalue weighted by Crippen LogP contribution is -2.39. The number of ketones is 1. The highest BCUT2D eigenvalue weighted by atomic mass is 19.1. The van der Waals surface area contributed by atoms with Gasteiger partial charge in [-0.2, -0.15) is 4.39 Å². The lowest BCUT2D eigenvalue weighted by atomic mass is 9.69. The van der Waals surface area contributed by atoms with Crippen molar-refractivity contribution in [3.63, 3.8) is 0 Å². The van der Waals surface area contributed by atoms with Crippen molar-refractivity contribution in [2.45, 2.75) is 33.1 Å². The molecule has 0 N–H and O–H groups in total. The van der Waals surface area contributed by atoms with Gasteiger partial charge in [-0.25, -0.2) is 0 Å². The molecule has 2 rings (SSSR count). The van der Waals surface area contributed by atoms with Crippen LogP contribution in [0.2, 0.25) is 0 Å². The Labute approximate surface area is 76.5 Å². The molecule has 2 bridgehead atoms. The number of fused-ring (bicyclic) bond motifs is 2. The standard InChI is InChI=1S/C10H13FO2/c1-9-4-3-6(5-7(9)12)10(9,2)8(11)13/h6H,3-5H2,1-2H3/t6-,9+,10+/m1/s1. The van der Waals surface area contributed by atoms with Crippen molar-refractivity contribution in [2.24, 2.45) is 16.7 Å². The Morgan fingerprint density at radius 3 is 2.38 bits per heavy atom. The molecule has 72 valence electrons. The largest absolute Gasteiger partial charge is 0.308 e. The predicted octanol–water partition coefficient (Wildman–Crippen LogP) is 1.88. The topological polar surface area (TPSA) is 34.1 Å². The fraction of sp³-hybridized carbons (Fsp3) is 0.800. The molecule has 3 heteroatoms. The Morgan fingerprint density at radius 2 is 2.15 bits per heavy atom. The second-order valence-corrected chi connectivity index (χ2v) is 4.67. The van der Waals surface area contributed by atoms with Crippen LogP contribution in [0.3, 0.4) is 0 Å². The molecular formula is C10H13FO2. The number of hydrogen-bond acceptors (Lipinski definition) is 2. The summed E-state index contributed by atoms with van der Waals surface area (Å²) in [4.78, 5) is 22.5. The van der Waals surface area contributed by atoms with E-state index in [1.165, 1.54) is 0 Å². The maximum absolute atomic E-state index is 13.0. The molecule has 0 heterocycles. The van der Waals surface area contributed by atoms with Crippen molar-refractivity contribution in [1.82, 2.24) is 0 Å². The van der Waals surface area contributed by atoms with Crippen molar-refractivity contribution in [2.75, 3.05) is 0 Å². The van der Waals surface area contributed by atoms with Crippen molar-refractivity contribution in [3.8, 4) is 0 Å². The summed E-state index contributed by atoms with van der Waals surface area (Å²) < 4.78 is 13.0. The monoisotopic (exact) mass is 184 g/mol. The summed E-state index contributed by atoms with van der Waals surface area (Å²) >= 11 is 0. The summed E-state index contributed by atoms with van der Waals surface area (Å²) in [5, 5.41) is 0. The van der Waals surface area contributed by atoms with Crippen LogP contribution in [0.15, 0.2) is 0 Å². The highest BCUT2D eigenvalue weighted by Crippen LogP contribution is 2.64. The molecule has 2 nitrogen and oxygen atoms in total. The van der Waals surface area contributed by atoms with Crippen LogP contribution in [-0.2, 0) is 9.59 Å². The van der Waals surface area contributed by atoms with Crippen LogP contribution in [0.25, 0.3) is 0 Å². The molecule has 2 saturated carbocycles. The minimum Gasteiger partial charge on any atom is -0.299 e. The number of halogens is 1. The Morgan fingerprint density at radius 1 is 1.54 bits per heavy atom. The Kier molecular flexibility index (Phi) is 1.49. The molecule has 2 aliphatic carbocycles. The molecule has 2 fully saturated rings. The van der Waals surface area contributed by atoms with Crippen molar-refractivity contribution >= 4 is 11.8 Å². The predicted molar refractivity (Wildman–Crippen MR) is 44.7 cm³/mol. The van der Waals surface area contributed by atoms with Gasteiger partial charge >= 0.3 is 6.04 Å². The zero-order chi connectivity index (χ0) is 9.85. The Hall–Kier alpha value is -0.730. The summed E-state index contributed by atoms with van der Waals surface area (Å²) in [6.07, 6.45) is 1.87. The Balaban J connectivity index is 2.53. The minimum atomic E-state index is -1.30. The second-order valence-electron chi connectivity index (χ2n) is 4.67. The third-order valence-electron chi connectivity index (χ3n) is 4.41. The van der Waals surface area contributed by atoms with E-state index < -0.39 is 16.9 Å². The molecule has 13 heavy (non-hydrogen) atoms. The SMILES string of the molecule is C[C@]12CC[C@H](CC1=O)[C@@]2(C)C(=O)F. The van der Waals surface area contributed by atoms with Gasteiger partial charge < -0.3 is 0 Å². The van der Waals surface area contributed by atoms with E-state index in [1.54, 1.807) is 13.8 Å². The van der Waals surface area contributed by atoms with Crippen LogP contribution >= 0.6 is 0 Å². The fourth-order valence-corrected chi connectivity index (χ4v) is 3.02. The average Bonchev–Trinajstić information content (AvgIpc) is 2.40. The lowest BCUT2D eigenvalue weighted by molar-refractivity contribution is -0.148. The number of rotatable bonds is 1. The van der Waals surface area contributed by atoms with Crippen molar-refractivity contribution in [3.05, 3.63) is 0 Å². The zero-order valence-electron chi connectivity index (χ0n) is 7.89. The van der Waals surface area contributed by atoms with E-state index in [9.17, 15) is 14.0 Å². The number of carbonyl (C=O) groups excluding carboxylic acids is 2. The van der Waals surface area contributed by atoms with Gasteiger partial charge in [0.25, 0.3) is 0 Å². The first-order valence-electron chi connectivity index (χ1n) is 4.66. The lowest BCUT2D eigenvalue weighted by Gasteiger charge is -2.31. The number of hydrogen-bond donors (Lipinski definition) is 0. The molecule has 0 spiro atoms. The van der Waals surface area contributed by atoms with Gasteiger partial charge in [-0.3, -0.25) is 9.59 Å². The summed E-state index contributed by atoms with van der Waals surface area (Å²) in [6, 6.07) is -1.30. The summed E-state index contributed by atoms with van der Waals surface area (Å²) in [6.45, 7) is 3.34. The molecule has 0 unspecified atom stereocenters. The molecule has 3 atom stereocenters. The highest BCUT2D eigenvalue weighted by Gasteiger charge is 2.67. The van der Waals surface area contributed by atoms with Crippen LogP contribution in [0.5, 0.6) is 0 Å². The summed E-state index contributed by atoms with van der Waals surface area (Å²) in [5.74, 6) is 0.0137. The molecule has 0 aromatic rings. The first-order valence-corrected chi connectivity index (χ1v) is 4.66. The van der Waals surface area contributed by atoms with E-state index >= 15 is 0 Å². The third-order valence-corrected chi connectivity index (χ3v) is 4.41. The van der Waals surface area contributed by atoms with E-state index in [-0.39, 0.29) is 11.7 Å². The van der Waals surface area contributed by atoms with Crippen molar-refractivity contribution < 1.29 is 14.0 Å². The summed E-state index contributed by atoms with van der Waals surface area (Å²) in [7, 11) is 0. The quantitative estimate of drug-likeness (QED) is 0.583. The smallest absolute Gasteiger partial charge is 0.299 e. The number of carbonyl (C=O) groups is 2. The van der Waals surface area contributed by atoms with E-state index in [0.717, 1.165) is 6.42 Å². The summed E-state index contributed by atoms with van der Waals surface area (Å²) in [5.41, 5.74) is -1.74. The van der Waals surface area contributed by atoms with Gasteiger partial charge in [0.15, 0.2) is 0 Å². The molecule has 0 amide bonds. The average molecular weight is 184 g/mol. The van der Waals surface area contributed by atoms with E-state index in [1.807, 2.05) is 0 Å². The normalized spacial score (nSPS) is 48.5. The zero-order valence-corrected chi connectivity index (χ0v) is 7.89. The minimum absolute atomic E-state index is 0.0532. The van der Waals surface area contributed by atoms with Gasteiger partial charge in [-0.15, -0.1) is 0 Å². The Bertz CT molecular complexity index is 299. The second kappa shape index (κ2) is 2.20. The first-order chi connectivity index (χ1) is 5.93. The van der Waals surface area contributed by atoms with Crippen LogP contribution < -0.4 is 0 Å². The third kappa shape index (κ3) is 0.736. The molecular weight excluding hydrogens is 171 g/mol.